The van der Waals surface area contributed by atoms with Gasteiger partial charge in [-0.3, -0.25) is 4.98 Å². The predicted molar refractivity (Wildman–Crippen MR) is 92.1 cm³/mol. The second-order valence-corrected chi connectivity index (χ2v) is 7.09. The lowest BCUT2D eigenvalue weighted by molar-refractivity contribution is 0.627. The molecule has 0 spiro atoms. The van der Waals surface area contributed by atoms with Crippen LogP contribution in [0.15, 0.2) is 36.5 Å². The average molecular weight is 324 g/mol. The van der Waals surface area contributed by atoms with E-state index in [1.807, 2.05) is 19.2 Å². The smallest absolute Gasteiger partial charge is 0.142 e. The molecule has 0 atom stereocenters. The summed E-state index contributed by atoms with van der Waals surface area (Å²) in [7, 11) is 0. The number of fused-ring (bicyclic) bond motifs is 1. The van der Waals surface area contributed by atoms with Crippen molar-refractivity contribution in [2.45, 2.75) is 32.6 Å². The summed E-state index contributed by atoms with van der Waals surface area (Å²) in [6.07, 6.45) is 6.48. The Labute approximate surface area is 139 Å². The third kappa shape index (κ3) is 2.91. The number of aromatic nitrogens is 2. The summed E-state index contributed by atoms with van der Waals surface area (Å²) in [6, 6.07) is 9.33. The summed E-state index contributed by atoms with van der Waals surface area (Å²) in [5, 5.41) is 0.898. The number of pyridine rings is 1. The molecule has 4 heteroatoms. The molecule has 0 unspecified atom stereocenters. The van der Waals surface area contributed by atoms with Crippen molar-refractivity contribution in [3.63, 3.8) is 0 Å². The van der Waals surface area contributed by atoms with Crippen molar-refractivity contribution in [3.8, 4) is 21.1 Å². The van der Waals surface area contributed by atoms with Crippen LogP contribution >= 0.6 is 11.3 Å². The van der Waals surface area contributed by atoms with Gasteiger partial charge in [0.25, 0.3) is 0 Å². The minimum Gasteiger partial charge on any atom is -0.250 e. The van der Waals surface area contributed by atoms with Crippen LogP contribution in [-0.2, 0) is 12.8 Å². The summed E-state index contributed by atoms with van der Waals surface area (Å²) in [5.74, 6) is -0.207. The highest BCUT2D eigenvalue weighted by Gasteiger charge is 2.14. The van der Waals surface area contributed by atoms with Crippen LogP contribution in [0, 0.1) is 12.7 Å². The number of rotatable bonds is 2. The quantitative estimate of drug-likeness (QED) is 0.647. The van der Waals surface area contributed by atoms with E-state index in [1.54, 1.807) is 17.4 Å². The molecule has 0 N–H and O–H groups in total. The Kier molecular flexibility index (Phi) is 3.69. The Bertz CT molecular complexity index is 849. The average Bonchev–Trinajstić information content (AvgIpc) is 3.03. The zero-order valence-electron chi connectivity index (χ0n) is 13.0. The number of hydrogen-bond acceptors (Lipinski definition) is 3. The lowest BCUT2D eigenvalue weighted by atomic mass is 9.96. The Morgan fingerprint density at radius 2 is 1.96 bits per heavy atom. The third-order valence-electron chi connectivity index (χ3n) is 4.23. The molecule has 4 rings (SSSR count). The number of hydrogen-bond donors (Lipinski definition) is 0. The van der Waals surface area contributed by atoms with Gasteiger partial charge in [-0.05, 0) is 67.5 Å². The van der Waals surface area contributed by atoms with E-state index in [4.69, 9.17) is 4.98 Å². The van der Waals surface area contributed by atoms with Gasteiger partial charge < -0.3 is 0 Å². The van der Waals surface area contributed by atoms with Gasteiger partial charge in [-0.1, -0.05) is 12.1 Å². The van der Waals surface area contributed by atoms with Gasteiger partial charge >= 0.3 is 0 Å². The molecule has 0 radical (unpaired) electrons. The number of aryl methyl sites for hydroxylation is 3. The van der Waals surface area contributed by atoms with Gasteiger partial charge in [-0.15, -0.1) is 11.3 Å². The first-order chi connectivity index (χ1) is 11.2. The normalized spacial score (nSPS) is 13.8. The van der Waals surface area contributed by atoms with E-state index in [0.29, 0.717) is 0 Å². The first-order valence-electron chi connectivity index (χ1n) is 7.91. The molecule has 0 aliphatic heterocycles. The topological polar surface area (TPSA) is 25.8 Å². The SMILES string of the molecule is Cc1cc(F)cc(-c2cnc(-c3ccc4c(n3)CCCC4)s2)c1. The maximum Gasteiger partial charge on any atom is 0.142 e. The van der Waals surface area contributed by atoms with Crippen molar-refractivity contribution in [2.75, 3.05) is 0 Å². The fraction of sp³-hybridized carbons (Fsp3) is 0.263. The molecule has 2 heterocycles. The molecule has 0 saturated carbocycles. The molecule has 1 aromatic carbocycles. The van der Waals surface area contributed by atoms with Gasteiger partial charge in [0.15, 0.2) is 0 Å². The predicted octanol–water partition coefficient (Wildman–Crippen LogP) is 5.20. The van der Waals surface area contributed by atoms with Crippen molar-refractivity contribution in [1.29, 1.82) is 0 Å². The molecule has 0 amide bonds. The fourth-order valence-electron chi connectivity index (χ4n) is 3.11. The van der Waals surface area contributed by atoms with Gasteiger partial charge in [0, 0.05) is 11.9 Å². The monoisotopic (exact) mass is 324 g/mol. The van der Waals surface area contributed by atoms with Gasteiger partial charge in [0.05, 0.1) is 10.6 Å². The minimum atomic E-state index is -0.207. The van der Waals surface area contributed by atoms with Crippen LogP contribution in [0.5, 0.6) is 0 Å². The van der Waals surface area contributed by atoms with Gasteiger partial charge in [0.1, 0.15) is 10.8 Å². The standard InChI is InChI=1S/C19H17FN2S/c1-12-8-14(10-15(20)9-12)18-11-21-19(23-18)17-7-6-13-4-2-3-5-16(13)22-17/h6-11H,2-5H2,1H3. The van der Waals surface area contributed by atoms with Crippen LogP contribution in [-0.4, -0.2) is 9.97 Å². The molecule has 1 aliphatic carbocycles. The minimum absolute atomic E-state index is 0.207. The van der Waals surface area contributed by atoms with E-state index in [1.165, 1.54) is 30.2 Å². The Morgan fingerprint density at radius 1 is 1.09 bits per heavy atom. The molecule has 0 bridgehead atoms. The van der Waals surface area contributed by atoms with Crippen molar-refractivity contribution < 1.29 is 4.39 Å². The number of halogens is 1. The lowest BCUT2D eigenvalue weighted by Crippen LogP contribution is -2.05. The molecule has 0 saturated heterocycles. The second kappa shape index (κ2) is 5.85. The first kappa shape index (κ1) is 14.5. The highest BCUT2D eigenvalue weighted by molar-refractivity contribution is 7.18. The summed E-state index contributed by atoms with van der Waals surface area (Å²) in [4.78, 5) is 10.3. The zero-order valence-corrected chi connectivity index (χ0v) is 13.8. The molecule has 3 aromatic rings. The largest absolute Gasteiger partial charge is 0.250 e. The van der Waals surface area contributed by atoms with Gasteiger partial charge in [0.2, 0.25) is 0 Å². The van der Waals surface area contributed by atoms with Crippen LogP contribution in [0.25, 0.3) is 21.1 Å². The summed E-state index contributed by atoms with van der Waals surface area (Å²) in [6.45, 7) is 1.90. The zero-order chi connectivity index (χ0) is 15.8. The van der Waals surface area contributed by atoms with Crippen molar-refractivity contribution in [2.24, 2.45) is 0 Å². The van der Waals surface area contributed by atoms with Crippen LogP contribution in [0.1, 0.15) is 29.7 Å². The Balaban J connectivity index is 1.70. The molecule has 116 valence electrons. The van der Waals surface area contributed by atoms with Crippen LogP contribution in [0.4, 0.5) is 4.39 Å². The maximum absolute atomic E-state index is 13.6. The van der Waals surface area contributed by atoms with Crippen LogP contribution in [0.2, 0.25) is 0 Å². The molecular formula is C19H17FN2S. The second-order valence-electron chi connectivity index (χ2n) is 6.06. The number of benzene rings is 1. The van der Waals surface area contributed by atoms with Crippen molar-refractivity contribution >= 4 is 11.3 Å². The highest BCUT2D eigenvalue weighted by atomic mass is 32.1. The number of thiazole rings is 1. The van der Waals surface area contributed by atoms with Crippen LogP contribution < -0.4 is 0 Å². The van der Waals surface area contributed by atoms with Crippen molar-refractivity contribution in [1.82, 2.24) is 9.97 Å². The third-order valence-corrected chi connectivity index (χ3v) is 5.30. The molecule has 1 aliphatic rings. The molecule has 0 fully saturated rings. The van der Waals surface area contributed by atoms with Gasteiger partial charge in [-0.25, -0.2) is 9.37 Å². The molecular weight excluding hydrogens is 307 g/mol. The Morgan fingerprint density at radius 3 is 2.83 bits per heavy atom. The van der Waals surface area contributed by atoms with Gasteiger partial charge in [-0.2, -0.15) is 0 Å². The van der Waals surface area contributed by atoms with Crippen molar-refractivity contribution in [3.05, 3.63) is 59.2 Å². The lowest BCUT2D eigenvalue weighted by Gasteiger charge is -2.14. The van der Waals surface area contributed by atoms with E-state index >= 15 is 0 Å². The van der Waals surface area contributed by atoms with E-state index in [2.05, 4.69) is 17.1 Å². The number of nitrogens with zero attached hydrogens (tertiary/aromatic N) is 2. The summed E-state index contributed by atoms with van der Waals surface area (Å²) >= 11 is 1.57. The summed E-state index contributed by atoms with van der Waals surface area (Å²) in [5.41, 5.74) is 5.31. The van der Waals surface area contributed by atoms with Crippen LogP contribution in [0.3, 0.4) is 0 Å². The molecule has 2 nitrogen and oxygen atoms in total. The fourth-order valence-corrected chi connectivity index (χ4v) is 3.98. The first-order valence-corrected chi connectivity index (χ1v) is 8.73. The maximum atomic E-state index is 13.6. The van der Waals surface area contributed by atoms with E-state index in [-0.39, 0.29) is 5.82 Å². The van der Waals surface area contributed by atoms with E-state index in [0.717, 1.165) is 39.5 Å². The highest BCUT2D eigenvalue weighted by Crippen LogP contribution is 2.33. The summed E-state index contributed by atoms with van der Waals surface area (Å²) < 4.78 is 13.6. The van der Waals surface area contributed by atoms with E-state index < -0.39 is 0 Å². The van der Waals surface area contributed by atoms with E-state index in [9.17, 15) is 4.39 Å². The molecule has 23 heavy (non-hydrogen) atoms. The Hall–Kier alpha value is -2.07. The molecule has 2 aromatic heterocycles.